The van der Waals surface area contributed by atoms with E-state index < -0.39 is 5.60 Å². The molecule has 0 aliphatic carbocycles. The summed E-state index contributed by atoms with van der Waals surface area (Å²) in [5.41, 5.74) is -0.712. The van der Waals surface area contributed by atoms with Gasteiger partial charge in [-0.15, -0.1) is 0 Å². The highest BCUT2D eigenvalue weighted by atomic mass is 32.2. The van der Waals surface area contributed by atoms with Gasteiger partial charge in [-0.3, -0.25) is 0 Å². The molecule has 1 aromatic heterocycles. The third-order valence-electron chi connectivity index (χ3n) is 3.19. The lowest BCUT2D eigenvalue weighted by atomic mass is 9.97. The first-order chi connectivity index (χ1) is 8.08. The Balaban J connectivity index is 2.10. The summed E-state index contributed by atoms with van der Waals surface area (Å²) in [7, 11) is 0. The third kappa shape index (κ3) is 1.76. The topological polar surface area (TPSA) is 33.4 Å². The number of para-hydroxylation sites is 1. The molecule has 1 fully saturated rings. The van der Waals surface area contributed by atoms with Crippen molar-refractivity contribution in [1.29, 1.82) is 0 Å². The van der Waals surface area contributed by atoms with Gasteiger partial charge in [-0.1, -0.05) is 19.1 Å². The Hall–Kier alpha value is -1.000. The van der Waals surface area contributed by atoms with Crippen molar-refractivity contribution in [2.75, 3.05) is 5.75 Å². The van der Waals surface area contributed by atoms with Gasteiger partial charge < -0.3 is 9.52 Å². The first-order valence-electron chi connectivity index (χ1n) is 5.61. The standard InChI is InChI=1S/C13H13FO2S/c1-8-6-13(15,7-17-8)11-5-9-3-2-4-10(14)12(9)16-11/h2-5,8,15H,6-7H2,1H3. The Kier molecular flexibility index (Phi) is 2.45. The molecule has 2 nitrogen and oxygen atoms in total. The average Bonchev–Trinajstić information content (AvgIpc) is 2.85. The summed E-state index contributed by atoms with van der Waals surface area (Å²) >= 11 is 1.71. The van der Waals surface area contributed by atoms with Crippen LogP contribution in [0.4, 0.5) is 4.39 Å². The minimum absolute atomic E-state index is 0.237. The van der Waals surface area contributed by atoms with Crippen molar-refractivity contribution in [3.05, 3.63) is 35.8 Å². The van der Waals surface area contributed by atoms with Crippen LogP contribution >= 0.6 is 11.8 Å². The fourth-order valence-corrected chi connectivity index (χ4v) is 3.52. The van der Waals surface area contributed by atoms with Gasteiger partial charge in [0.1, 0.15) is 11.4 Å². The van der Waals surface area contributed by atoms with E-state index in [-0.39, 0.29) is 11.4 Å². The minimum atomic E-state index is -0.949. The van der Waals surface area contributed by atoms with Gasteiger partial charge in [-0.05, 0) is 18.6 Å². The van der Waals surface area contributed by atoms with Crippen molar-refractivity contribution in [1.82, 2.24) is 0 Å². The zero-order valence-electron chi connectivity index (χ0n) is 9.44. The van der Waals surface area contributed by atoms with Crippen LogP contribution in [0.25, 0.3) is 11.0 Å². The number of rotatable bonds is 1. The number of thioether (sulfide) groups is 1. The Bertz CT molecular complexity index is 566. The maximum Gasteiger partial charge on any atom is 0.170 e. The van der Waals surface area contributed by atoms with E-state index in [1.165, 1.54) is 6.07 Å². The molecule has 0 spiro atoms. The molecule has 2 aromatic rings. The maximum atomic E-state index is 13.5. The van der Waals surface area contributed by atoms with Crippen LogP contribution < -0.4 is 0 Å². The zero-order chi connectivity index (χ0) is 12.0. The molecule has 3 rings (SSSR count). The lowest BCUT2D eigenvalue weighted by Gasteiger charge is -2.18. The van der Waals surface area contributed by atoms with E-state index in [4.69, 9.17) is 4.42 Å². The van der Waals surface area contributed by atoms with Crippen molar-refractivity contribution in [3.63, 3.8) is 0 Å². The van der Waals surface area contributed by atoms with Crippen LogP contribution in [0.1, 0.15) is 19.1 Å². The Morgan fingerprint density at radius 2 is 2.35 bits per heavy atom. The van der Waals surface area contributed by atoms with Gasteiger partial charge >= 0.3 is 0 Å². The van der Waals surface area contributed by atoms with Gasteiger partial charge in [0, 0.05) is 16.4 Å². The summed E-state index contributed by atoms with van der Waals surface area (Å²) in [4.78, 5) is 0. The van der Waals surface area contributed by atoms with E-state index in [1.54, 1.807) is 30.0 Å². The SMILES string of the molecule is CC1CC(O)(c2cc3cccc(F)c3o2)CS1. The van der Waals surface area contributed by atoms with E-state index in [0.29, 0.717) is 28.6 Å². The molecule has 2 heterocycles. The highest BCUT2D eigenvalue weighted by Crippen LogP contribution is 2.43. The molecule has 1 aliphatic heterocycles. The molecule has 1 saturated heterocycles. The fourth-order valence-electron chi connectivity index (χ4n) is 2.30. The summed E-state index contributed by atoms with van der Waals surface area (Å²) < 4.78 is 19.0. The number of fused-ring (bicyclic) bond motifs is 1. The van der Waals surface area contributed by atoms with E-state index in [2.05, 4.69) is 6.92 Å². The summed E-state index contributed by atoms with van der Waals surface area (Å²) in [6.07, 6.45) is 0.652. The summed E-state index contributed by atoms with van der Waals surface area (Å²) in [5, 5.41) is 11.6. The summed E-state index contributed by atoms with van der Waals surface area (Å²) in [6.45, 7) is 2.08. The number of furan rings is 1. The largest absolute Gasteiger partial charge is 0.455 e. The predicted octanol–water partition coefficient (Wildman–Crippen LogP) is 3.28. The molecule has 2 unspecified atom stereocenters. The normalized spacial score (nSPS) is 29.0. The van der Waals surface area contributed by atoms with Crippen molar-refractivity contribution in [2.45, 2.75) is 24.2 Å². The fraction of sp³-hybridized carbons (Fsp3) is 0.385. The molecular weight excluding hydrogens is 239 g/mol. The number of hydrogen-bond donors (Lipinski definition) is 1. The number of hydrogen-bond acceptors (Lipinski definition) is 3. The molecule has 4 heteroatoms. The summed E-state index contributed by atoms with van der Waals surface area (Å²) in [5.74, 6) is 0.709. The number of benzene rings is 1. The second-order valence-electron chi connectivity index (χ2n) is 4.63. The van der Waals surface area contributed by atoms with Crippen LogP contribution in [-0.2, 0) is 5.60 Å². The van der Waals surface area contributed by atoms with Gasteiger partial charge in [0.2, 0.25) is 0 Å². The van der Waals surface area contributed by atoms with Gasteiger partial charge in [-0.2, -0.15) is 11.8 Å². The van der Waals surface area contributed by atoms with Gasteiger partial charge in [0.25, 0.3) is 0 Å². The van der Waals surface area contributed by atoms with E-state index in [1.807, 2.05) is 0 Å². The average molecular weight is 252 g/mol. The van der Waals surface area contributed by atoms with Crippen LogP contribution in [-0.4, -0.2) is 16.1 Å². The first kappa shape index (κ1) is 11.1. The highest BCUT2D eigenvalue weighted by Gasteiger charge is 2.40. The molecule has 1 N–H and O–H groups in total. The molecule has 0 radical (unpaired) electrons. The third-order valence-corrected chi connectivity index (χ3v) is 4.57. The van der Waals surface area contributed by atoms with Crippen molar-refractivity contribution >= 4 is 22.7 Å². The van der Waals surface area contributed by atoms with Crippen molar-refractivity contribution in [2.24, 2.45) is 0 Å². The van der Waals surface area contributed by atoms with Gasteiger partial charge in [-0.25, -0.2) is 4.39 Å². The first-order valence-corrected chi connectivity index (χ1v) is 6.66. The molecule has 0 saturated carbocycles. The molecular formula is C13H13FO2S. The van der Waals surface area contributed by atoms with Crippen molar-refractivity contribution < 1.29 is 13.9 Å². The van der Waals surface area contributed by atoms with Crippen LogP contribution in [0.2, 0.25) is 0 Å². The molecule has 0 amide bonds. The predicted molar refractivity (Wildman–Crippen MR) is 66.6 cm³/mol. The lowest BCUT2D eigenvalue weighted by molar-refractivity contribution is 0.0395. The monoisotopic (exact) mass is 252 g/mol. The minimum Gasteiger partial charge on any atom is -0.455 e. The Morgan fingerprint density at radius 3 is 3.00 bits per heavy atom. The molecule has 1 aliphatic rings. The molecule has 90 valence electrons. The Labute approximate surface area is 103 Å². The van der Waals surface area contributed by atoms with E-state index >= 15 is 0 Å². The molecule has 1 aromatic carbocycles. The van der Waals surface area contributed by atoms with Gasteiger partial charge in [0.15, 0.2) is 11.4 Å². The number of halogens is 1. The van der Waals surface area contributed by atoms with E-state index in [9.17, 15) is 9.50 Å². The second-order valence-corrected chi connectivity index (χ2v) is 6.05. The van der Waals surface area contributed by atoms with Crippen LogP contribution in [0, 0.1) is 5.82 Å². The Morgan fingerprint density at radius 1 is 1.53 bits per heavy atom. The molecule has 0 bridgehead atoms. The smallest absolute Gasteiger partial charge is 0.170 e. The van der Waals surface area contributed by atoms with Crippen LogP contribution in [0.3, 0.4) is 0 Å². The second kappa shape index (κ2) is 3.75. The maximum absolute atomic E-state index is 13.5. The summed E-state index contributed by atoms with van der Waals surface area (Å²) in [6, 6.07) is 6.55. The van der Waals surface area contributed by atoms with E-state index in [0.717, 1.165) is 0 Å². The lowest BCUT2D eigenvalue weighted by Crippen LogP contribution is -2.24. The highest BCUT2D eigenvalue weighted by molar-refractivity contribution is 8.00. The quantitative estimate of drug-likeness (QED) is 0.845. The van der Waals surface area contributed by atoms with Gasteiger partial charge in [0.05, 0.1) is 0 Å². The molecule has 17 heavy (non-hydrogen) atoms. The zero-order valence-corrected chi connectivity index (χ0v) is 10.3. The van der Waals surface area contributed by atoms with Crippen LogP contribution in [0.15, 0.2) is 28.7 Å². The number of aliphatic hydroxyl groups is 1. The van der Waals surface area contributed by atoms with Crippen molar-refractivity contribution in [3.8, 4) is 0 Å². The van der Waals surface area contributed by atoms with Crippen LogP contribution in [0.5, 0.6) is 0 Å². The molecule has 2 atom stereocenters.